The lowest BCUT2D eigenvalue weighted by atomic mass is 10.1. The molecule has 0 aromatic heterocycles. The lowest BCUT2D eigenvalue weighted by molar-refractivity contribution is -0.970. The maximum absolute atomic E-state index is 10.8. The van der Waals surface area contributed by atoms with Crippen molar-refractivity contribution in [3.05, 3.63) is 91.1 Å². The van der Waals surface area contributed by atoms with Crippen LogP contribution in [0.5, 0.6) is 0 Å². The van der Waals surface area contributed by atoms with Crippen LogP contribution in [-0.2, 0) is 4.79 Å². The molecule has 0 saturated heterocycles. The molecule has 0 aliphatic heterocycles. The smallest absolute Gasteiger partial charge is 0.303 e. The van der Waals surface area contributed by atoms with Gasteiger partial charge in [0.1, 0.15) is 6.29 Å². The summed E-state index contributed by atoms with van der Waals surface area (Å²) in [6.07, 6.45) is 25.9. The van der Waals surface area contributed by atoms with Crippen LogP contribution in [0, 0.1) is 30.3 Å². The molecule has 0 bridgehead atoms. The normalized spacial score (nSPS) is 12.6. The van der Waals surface area contributed by atoms with Gasteiger partial charge in [-0.3, -0.25) is 30.3 Å². The van der Waals surface area contributed by atoms with Gasteiger partial charge in [0.15, 0.2) is 21.2 Å². The molecule has 0 aromatic rings. The molecule has 0 unspecified atom stereocenters. The Hall–Kier alpha value is -3.43. The summed E-state index contributed by atoms with van der Waals surface area (Å²) in [5.74, 6) is -3.36. The maximum atomic E-state index is 10.8. The number of nitro groups is 3. The first-order valence-corrected chi connectivity index (χ1v) is 10.5. The average molecular weight is 450 g/mol. The molecule has 176 valence electrons. The highest BCUT2D eigenvalue weighted by atomic mass is 16.7. The monoisotopic (exact) mass is 449 g/mol. The quantitative estimate of drug-likeness (QED) is 0.0644. The zero-order valence-electron chi connectivity index (χ0n) is 18.1. The minimum Gasteiger partial charge on any atom is -0.303 e. The third kappa shape index (κ3) is 12.3. The zero-order chi connectivity index (χ0) is 24.1. The van der Waals surface area contributed by atoms with Gasteiger partial charge in [0, 0.05) is 6.42 Å². The van der Waals surface area contributed by atoms with Crippen molar-refractivity contribution in [2.24, 2.45) is 0 Å². The lowest BCUT2D eigenvalue weighted by Crippen LogP contribution is -2.53. The van der Waals surface area contributed by atoms with Crippen molar-refractivity contribution in [3.8, 4) is 0 Å². The molecule has 0 aromatic carbocycles. The molecule has 0 heterocycles. The van der Waals surface area contributed by atoms with Gasteiger partial charge in [-0.25, -0.2) is 0 Å². The van der Waals surface area contributed by atoms with E-state index in [0.29, 0.717) is 25.7 Å². The Bertz CT molecular complexity index is 704. The molecule has 0 atom stereocenters. The minimum absolute atomic E-state index is 0.0127. The molecule has 0 rings (SSSR count). The van der Waals surface area contributed by atoms with Crippen LogP contribution in [-0.4, -0.2) is 26.8 Å². The highest BCUT2D eigenvalue weighted by Crippen LogP contribution is 2.21. The number of rotatable bonds is 19. The Kier molecular flexibility index (Phi) is 16.4. The van der Waals surface area contributed by atoms with E-state index in [2.05, 4.69) is 24.3 Å². The highest BCUT2D eigenvalue weighted by molar-refractivity contribution is 5.49. The van der Waals surface area contributed by atoms with Crippen LogP contribution in [0.25, 0.3) is 0 Å². The topological polar surface area (TPSA) is 146 Å². The molecule has 0 spiro atoms. The van der Waals surface area contributed by atoms with Crippen molar-refractivity contribution in [1.29, 1.82) is 0 Å². The number of allylic oxidation sites excluding steroid dienone is 10. The van der Waals surface area contributed by atoms with Crippen molar-refractivity contribution in [3.63, 3.8) is 0 Å². The van der Waals surface area contributed by atoms with Gasteiger partial charge < -0.3 is 4.79 Å². The van der Waals surface area contributed by atoms with Crippen LogP contribution in [0.4, 0.5) is 0 Å². The van der Waals surface area contributed by atoms with E-state index in [1.54, 1.807) is 0 Å². The molecular formula is C22H31N3O7. The van der Waals surface area contributed by atoms with Crippen molar-refractivity contribution in [2.45, 2.75) is 70.0 Å². The highest BCUT2D eigenvalue weighted by Gasteiger charge is 2.69. The summed E-state index contributed by atoms with van der Waals surface area (Å²) >= 11 is 0. The van der Waals surface area contributed by atoms with E-state index in [4.69, 9.17) is 0 Å². The molecule has 0 amide bonds. The summed E-state index contributed by atoms with van der Waals surface area (Å²) in [7, 11) is 0. The molecule has 0 N–H and O–H groups in total. The van der Waals surface area contributed by atoms with Crippen LogP contribution >= 0.6 is 0 Å². The Balaban J connectivity index is 3.91. The van der Waals surface area contributed by atoms with Crippen LogP contribution in [0.1, 0.15) is 64.2 Å². The first-order chi connectivity index (χ1) is 15.4. The van der Waals surface area contributed by atoms with E-state index in [1.165, 1.54) is 0 Å². The van der Waals surface area contributed by atoms with Crippen molar-refractivity contribution in [2.75, 3.05) is 0 Å². The Morgan fingerprint density at radius 3 is 1.28 bits per heavy atom. The van der Waals surface area contributed by atoms with Gasteiger partial charge in [-0.15, -0.1) is 0 Å². The molecule has 0 radical (unpaired) electrons. The second-order valence-corrected chi connectivity index (χ2v) is 6.84. The predicted molar refractivity (Wildman–Crippen MR) is 122 cm³/mol. The number of carbonyl (C=O) groups excluding carboxylic acids is 1. The van der Waals surface area contributed by atoms with Gasteiger partial charge >= 0.3 is 5.79 Å². The third-order valence-electron chi connectivity index (χ3n) is 4.38. The largest absolute Gasteiger partial charge is 0.699 e. The Labute approximate surface area is 187 Å². The fraction of sp³-hybridized carbons (Fsp3) is 0.500. The number of hydrogen-bond donors (Lipinski definition) is 0. The summed E-state index contributed by atoms with van der Waals surface area (Å²) in [5.41, 5.74) is 0. The van der Waals surface area contributed by atoms with E-state index >= 15 is 0 Å². The molecule has 0 saturated carbocycles. The van der Waals surface area contributed by atoms with E-state index in [9.17, 15) is 35.1 Å². The standard InChI is InChI=1S/C22H31N3O7/c26-21-19-17-15-13-11-9-7-5-3-1-2-4-6-8-10-12-14-16-18-20-22(23(27)28,24(29)30)25(31)32/h1,3-4,6-7,9-10,12-13,15,21H,2,5,8,11,14,16-20H2. The van der Waals surface area contributed by atoms with Crippen molar-refractivity contribution in [1.82, 2.24) is 0 Å². The van der Waals surface area contributed by atoms with E-state index < -0.39 is 27.0 Å². The van der Waals surface area contributed by atoms with Crippen molar-refractivity contribution >= 4 is 6.29 Å². The summed E-state index contributed by atoms with van der Waals surface area (Å²) in [6.45, 7) is 0. The number of hydrogen-bond acceptors (Lipinski definition) is 7. The molecule has 10 nitrogen and oxygen atoms in total. The lowest BCUT2D eigenvalue weighted by Gasteiger charge is -2.08. The average Bonchev–Trinajstić information content (AvgIpc) is 2.74. The first kappa shape index (κ1) is 28.6. The molecule has 32 heavy (non-hydrogen) atoms. The zero-order valence-corrected chi connectivity index (χ0v) is 18.1. The number of aldehydes is 1. The minimum atomic E-state index is -3.36. The van der Waals surface area contributed by atoms with Gasteiger partial charge in [0.05, 0.1) is 0 Å². The Morgan fingerprint density at radius 1 is 0.531 bits per heavy atom. The number of unbranched alkanes of at least 4 members (excludes halogenated alkanes) is 3. The fourth-order valence-electron chi connectivity index (χ4n) is 2.58. The van der Waals surface area contributed by atoms with Gasteiger partial charge in [-0.05, 0) is 51.4 Å². The second kappa shape index (κ2) is 18.3. The summed E-state index contributed by atoms with van der Waals surface area (Å²) < 4.78 is 0. The molecule has 0 fully saturated rings. The van der Waals surface area contributed by atoms with E-state index in [-0.39, 0.29) is 6.42 Å². The van der Waals surface area contributed by atoms with Crippen molar-refractivity contribution < 1.29 is 19.6 Å². The third-order valence-corrected chi connectivity index (χ3v) is 4.38. The Morgan fingerprint density at radius 2 is 0.906 bits per heavy atom. The summed E-state index contributed by atoms with van der Waals surface area (Å²) in [4.78, 5) is 38.3. The maximum Gasteiger partial charge on any atom is 0.699 e. The van der Waals surface area contributed by atoms with Crippen LogP contribution < -0.4 is 0 Å². The van der Waals surface area contributed by atoms with Gasteiger partial charge in [-0.2, -0.15) is 0 Å². The van der Waals surface area contributed by atoms with Crippen LogP contribution in [0.15, 0.2) is 60.8 Å². The summed E-state index contributed by atoms with van der Waals surface area (Å²) in [6, 6.07) is 0. The van der Waals surface area contributed by atoms with Gasteiger partial charge in [0.2, 0.25) is 0 Å². The second-order valence-electron chi connectivity index (χ2n) is 6.84. The van der Waals surface area contributed by atoms with E-state index in [0.717, 1.165) is 32.0 Å². The fourth-order valence-corrected chi connectivity index (χ4v) is 2.58. The molecular weight excluding hydrogens is 418 g/mol. The molecule has 0 aliphatic carbocycles. The van der Waals surface area contributed by atoms with Gasteiger partial charge in [0.25, 0.3) is 0 Å². The number of nitrogens with zero attached hydrogens (tertiary/aromatic N) is 3. The SMILES string of the molecule is O=CCCC=CCC=CCC=CCC=CCC=CCCCCC([N+](=O)[O-])([N+](=O)[O-])[N+](=O)[O-]. The van der Waals surface area contributed by atoms with Gasteiger partial charge in [-0.1, -0.05) is 60.8 Å². The van der Waals surface area contributed by atoms with Crippen LogP contribution in [0.2, 0.25) is 0 Å². The number of carbonyl (C=O) groups is 1. The molecule has 10 heteroatoms. The summed E-state index contributed by atoms with van der Waals surface area (Å²) in [5, 5.41) is 32.5. The van der Waals surface area contributed by atoms with Crippen LogP contribution in [0.3, 0.4) is 0 Å². The van der Waals surface area contributed by atoms with E-state index in [1.807, 2.05) is 36.5 Å². The predicted octanol–water partition coefficient (Wildman–Crippen LogP) is 5.35. The molecule has 0 aliphatic rings. The first-order valence-electron chi connectivity index (χ1n) is 10.5.